The lowest BCUT2D eigenvalue weighted by atomic mass is 9.86. The van der Waals surface area contributed by atoms with Crippen LogP contribution in [0.2, 0.25) is 0 Å². The number of carbonyl (C=O) groups is 1. The Hall–Kier alpha value is -2.21. The number of aromatic nitrogens is 2. The van der Waals surface area contributed by atoms with E-state index in [2.05, 4.69) is 10.1 Å². The van der Waals surface area contributed by atoms with E-state index < -0.39 is 0 Å². The number of aliphatic hydroxyl groups is 1. The first-order chi connectivity index (χ1) is 11.1. The highest BCUT2D eigenvalue weighted by Gasteiger charge is 2.27. The average Bonchev–Trinajstić information content (AvgIpc) is 3.07. The average molecular weight is 315 g/mol. The molecular formula is C17H21N3O3. The molecule has 0 saturated heterocycles. The minimum atomic E-state index is -0.316. The molecule has 0 aliphatic heterocycles. The Morgan fingerprint density at radius 1 is 1.35 bits per heavy atom. The largest absolute Gasteiger partial charge is 0.393 e. The standard InChI is InChI=1S/C17H21N3O3/c1-20(11-13-4-2-3-5-15(13)21)17(22)14-10-16(23-19-14)12-6-8-18-9-7-12/h6-10,13,15,21H,2-5,11H2,1H3. The Labute approximate surface area is 135 Å². The van der Waals surface area contributed by atoms with E-state index in [-0.39, 0.29) is 23.6 Å². The second-order valence-electron chi connectivity index (χ2n) is 6.11. The number of hydrogen-bond acceptors (Lipinski definition) is 5. The molecule has 0 bridgehead atoms. The molecule has 1 saturated carbocycles. The third kappa shape index (κ3) is 3.59. The van der Waals surface area contributed by atoms with Gasteiger partial charge < -0.3 is 14.5 Å². The van der Waals surface area contributed by atoms with Crippen LogP contribution in [-0.4, -0.2) is 45.8 Å². The minimum absolute atomic E-state index is 0.143. The van der Waals surface area contributed by atoms with Gasteiger partial charge in [0.2, 0.25) is 0 Å². The summed E-state index contributed by atoms with van der Waals surface area (Å²) in [7, 11) is 1.74. The summed E-state index contributed by atoms with van der Waals surface area (Å²) in [6.07, 6.45) is 6.96. The SMILES string of the molecule is CN(CC1CCCCC1O)C(=O)c1cc(-c2ccncc2)on1. The van der Waals surface area contributed by atoms with Crippen LogP contribution < -0.4 is 0 Å². The Morgan fingerprint density at radius 2 is 2.09 bits per heavy atom. The van der Waals surface area contributed by atoms with E-state index >= 15 is 0 Å². The van der Waals surface area contributed by atoms with Crippen LogP contribution in [0.25, 0.3) is 11.3 Å². The van der Waals surface area contributed by atoms with Crippen LogP contribution >= 0.6 is 0 Å². The zero-order valence-electron chi connectivity index (χ0n) is 13.2. The molecule has 23 heavy (non-hydrogen) atoms. The fourth-order valence-electron chi connectivity index (χ4n) is 3.06. The Kier molecular flexibility index (Phi) is 4.71. The van der Waals surface area contributed by atoms with Crippen LogP contribution in [0.5, 0.6) is 0 Å². The molecule has 2 aromatic heterocycles. The van der Waals surface area contributed by atoms with Crippen molar-refractivity contribution in [2.24, 2.45) is 5.92 Å². The van der Waals surface area contributed by atoms with Gasteiger partial charge in [0.15, 0.2) is 11.5 Å². The Balaban J connectivity index is 1.67. The molecule has 1 amide bonds. The van der Waals surface area contributed by atoms with Crippen molar-refractivity contribution in [1.29, 1.82) is 0 Å². The van der Waals surface area contributed by atoms with Crippen molar-refractivity contribution in [3.05, 3.63) is 36.3 Å². The van der Waals surface area contributed by atoms with Gasteiger partial charge in [-0.15, -0.1) is 0 Å². The molecule has 0 aromatic carbocycles. The third-order valence-electron chi connectivity index (χ3n) is 4.42. The van der Waals surface area contributed by atoms with Gasteiger partial charge in [-0.25, -0.2) is 0 Å². The third-order valence-corrected chi connectivity index (χ3v) is 4.42. The summed E-state index contributed by atoms with van der Waals surface area (Å²) in [5.74, 6) is 0.498. The molecule has 1 aliphatic carbocycles. The second kappa shape index (κ2) is 6.91. The summed E-state index contributed by atoms with van der Waals surface area (Å²) >= 11 is 0. The zero-order chi connectivity index (χ0) is 16.2. The van der Waals surface area contributed by atoms with Crippen molar-refractivity contribution >= 4 is 5.91 Å². The van der Waals surface area contributed by atoms with Crippen LogP contribution in [-0.2, 0) is 0 Å². The molecule has 0 radical (unpaired) electrons. The molecule has 1 fully saturated rings. The van der Waals surface area contributed by atoms with E-state index in [1.54, 1.807) is 42.5 Å². The van der Waals surface area contributed by atoms with E-state index in [1.807, 2.05) is 0 Å². The zero-order valence-corrected chi connectivity index (χ0v) is 13.2. The van der Waals surface area contributed by atoms with Gasteiger partial charge in [-0.1, -0.05) is 18.0 Å². The lowest BCUT2D eigenvalue weighted by Crippen LogP contribution is -2.38. The normalized spacial score (nSPS) is 21.1. The first-order valence-corrected chi connectivity index (χ1v) is 7.96. The Bertz CT molecular complexity index is 656. The fourth-order valence-corrected chi connectivity index (χ4v) is 3.06. The van der Waals surface area contributed by atoms with Crippen LogP contribution in [0.15, 0.2) is 35.1 Å². The van der Waals surface area contributed by atoms with E-state index in [9.17, 15) is 9.90 Å². The highest BCUT2D eigenvalue weighted by molar-refractivity contribution is 5.92. The highest BCUT2D eigenvalue weighted by atomic mass is 16.5. The summed E-state index contributed by atoms with van der Waals surface area (Å²) in [6, 6.07) is 5.25. The predicted octanol–water partition coefficient (Wildman–Crippen LogP) is 2.36. The summed E-state index contributed by atoms with van der Waals surface area (Å²) in [6.45, 7) is 0.539. The summed E-state index contributed by atoms with van der Waals surface area (Å²) in [5.41, 5.74) is 1.11. The molecule has 1 N–H and O–H groups in total. The van der Waals surface area contributed by atoms with E-state index in [1.165, 1.54) is 0 Å². The molecule has 2 heterocycles. The summed E-state index contributed by atoms with van der Waals surface area (Å²) in [4.78, 5) is 18.0. The van der Waals surface area contributed by atoms with Crippen molar-refractivity contribution in [3.63, 3.8) is 0 Å². The minimum Gasteiger partial charge on any atom is -0.393 e. The lowest BCUT2D eigenvalue weighted by Gasteiger charge is -2.30. The first kappa shape index (κ1) is 15.7. The topological polar surface area (TPSA) is 79.5 Å². The molecule has 2 aromatic rings. The van der Waals surface area contributed by atoms with E-state index in [0.717, 1.165) is 31.2 Å². The van der Waals surface area contributed by atoms with Crippen LogP contribution in [0, 0.1) is 5.92 Å². The summed E-state index contributed by atoms with van der Waals surface area (Å²) < 4.78 is 5.26. The van der Waals surface area contributed by atoms with Gasteiger partial charge in [-0.3, -0.25) is 9.78 Å². The van der Waals surface area contributed by atoms with Gasteiger partial charge in [0.05, 0.1) is 6.10 Å². The molecule has 1 aliphatic rings. The molecule has 6 nitrogen and oxygen atoms in total. The number of carbonyl (C=O) groups excluding carboxylic acids is 1. The van der Waals surface area contributed by atoms with Crippen molar-refractivity contribution in [2.45, 2.75) is 31.8 Å². The quantitative estimate of drug-likeness (QED) is 0.937. The van der Waals surface area contributed by atoms with Gasteiger partial charge in [0, 0.05) is 43.5 Å². The van der Waals surface area contributed by atoms with Gasteiger partial charge in [0.25, 0.3) is 5.91 Å². The van der Waals surface area contributed by atoms with Crippen LogP contribution in [0.4, 0.5) is 0 Å². The maximum atomic E-state index is 12.5. The van der Waals surface area contributed by atoms with Gasteiger partial charge in [-0.05, 0) is 25.0 Å². The van der Waals surface area contributed by atoms with Gasteiger partial charge in [0.1, 0.15) is 0 Å². The molecular weight excluding hydrogens is 294 g/mol. The van der Waals surface area contributed by atoms with Crippen molar-refractivity contribution in [1.82, 2.24) is 15.0 Å². The maximum Gasteiger partial charge on any atom is 0.275 e. The monoisotopic (exact) mass is 315 g/mol. The molecule has 2 atom stereocenters. The number of nitrogens with zero attached hydrogens (tertiary/aromatic N) is 3. The fraction of sp³-hybridized carbons (Fsp3) is 0.471. The van der Waals surface area contributed by atoms with Crippen molar-refractivity contribution in [3.8, 4) is 11.3 Å². The lowest BCUT2D eigenvalue weighted by molar-refractivity contribution is 0.0447. The summed E-state index contributed by atoms with van der Waals surface area (Å²) in [5, 5.41) is 13.9. The smallest absolute Gasteiger partial charge is 0.275 e. The van der Waals surface area contributed by atoms with E-state index in [0.29, 0.717) is 12.3 Å². The molecule has 3 rings (SSSR count). The molecule has 2 unspecified atom stereocenters. The number of hydrogen-bond donors (Lipinski definition) is 1. The predicted molar refractivity (Wildman–Crippen MR) is 84.7 cm³/mol. The van der Waals surface area contributed by atoms with Gasteiger partial charge >= 0.3 is 0 Å². The molecule has 122 valence electrons. The van der Waals surface area contributed by atoms with Crippen molar-refractivity contribution < 1.29 is 14.4 Å². The number of aliphatic hydroxyl groups excluding tert-OH is 1. The molecule has 6 heteroatoms. The van der Waals surface area contributed by atoms with Gasteiger partial charge in [-0.2, -0.15) is 0 Å². The van der Waals surface area contributed by atoms with Crippen LogP contribution in [0.3, 0.4) is 0 Å². The molecule has 0 spiro atoms. The number of rotatable bonds is 4. The maximum absolute atomic E-state index is 12.5. The van der Waals surface area contributed by atoms with Crippen molar-refractivity contribution in [2.75, 3.05) is 13.6 Å². The highest BCUT2D eigenvalue weighted by Crippen LogP contribution is 2.25. The number of pyridine rings is 1. The van der Waals surface area contributed by atoms with E-state index in [4.69, 9.17) is 4.52 Å². The Morgan fingerprint density at radius 3 is 2.83 bits per heavy atom. The number of amides is 1. The van der Waals surface area contributed by atoms with Crippen LogP contribution in [0.1, 0.15) is 36.2 Å². The first-order valence-electron chi connectivity index (χ1n) is 7.96. The second-order valence-corrected chi connectivity index (χ2v) is 6.11.